The zero-order chi connectivity index (χ0) is 13.8. The number of carbonyl (C=O) groups is 2. The van der Waals surface area contributed by atoms with Crippen LogP contribution < -0.4 is 10.6 Å². The fraction of sp³-hybridized carbons (Fsp3) is 0.700. The van der Waals surface area contributed by atoms with Gasteiger partial charge in [0.2, 0.25) is 11.8 Å². The van der Waals surface area contributed by atoms with E-state index in [1.54, 1.807) is 27.7 Å². The number of aromatic amines is 1. The maximum absolute atomic E-state index is 11.6. The number of hydrogen-bond acceptors (Lipinski definition) is 5. The molecule has 1 atom stereocenters. The van der Waals surface area contributed by atoms with Crippen molar-refractivity contribution < 1.29 is 9.59 Å². The lowest BCUT2D eigenvalue weighted by Gasteiger charge is -2.17. The summed E-state index contributed by atoms with van der Waals surface area (Å²) in [6, 6.07) is -0.359. The van der Waals surface area contributed by atoms with Crippen LogP contribution in [0.2, 0.25) is 0 Å². The Morgan fingerprint density at radius 3 is 2.56 bits per heavy atom. The number of hydrogen-bond donors (Lipinski definition) is 3. The molecule has 1 unspecified atom stereocenters. The number of aromatic nitrogens is 4. The highest BCUT2D eigenvalue weighted by molar-refractivity contribution is 5.87. The molecule has 0 saturated carbocycles. The van der Waals surface area contributed by atoms with Crippen LogP contribution in [0.3, 0.4) is 0 Å². The van der Waals surface area contributed by atoms with Crippen LogP contribution in [0.5, 0.6) is 0 Å². The van der Waals surface area contributed by atoms with E-state index in [1.165, 1.54) is 0 Å². The fourth-order valence-corrected chi connectivity index (χ4v) is 1.14. The van der Waals surface area contributed by atoms with E-state index in [-0.39, 0.29) is 24.4 Å². The molecule has 2 amide bonds. The first kappa shape index (κ1) is 14.1. The summed E-state index contributed by atoms with van der Waals surface area (Å²) in [6.07, 6.45) is 0. The maximum Gasteiger partial charge on any atom is 0.239 e. The highest BCUT2D eigenvalue weighted by atomic mass is 16.2. The second kappa shape index (κ2) is 5.56. The average Bonchev–Trinajstić information content (AvgIpc) is 2.77. The molecule has 0 fully saturated rings. The third-order valence-corrected chi connectivity index (χ3v) is 2.22. The van der Waals surface area contributed by atoms with Gasteiger partial charge in [-0.3, -0.25) is 9.59 Å². The molecule has 0 aliphatic heterocycles. The monoisotopic (exact) mass is 254 g/mol. The van der Waals surface area contributed by atoms with Gasteiger partial charge in [0.15, 0.2) is 5.82 Å². The molecular weight excluding hydrogens is 236 g/mol. The Morgan fingerprint density at radius 1 is 1.39 bits per heavy atom. The minimum absolute atomic E-state index is 0.0711. The van der Waals surface area contributed by atoms with E-state index in [4.69, 9.17) is 0 Å². The molecule has 8 nitrogen and oxygen atoms in total. The highest BCUT2D eigenvalue weighted by Gasteiger charge is 2.22. The first-order chi connectivity index (χ1) is 8.30. The predicted molar refractivity (Wildman–Crippen MR) is 63.2 cm³/mol. The van der Waals surface area contributed by atoms with Crippen molar-refractivity contribution in [3.63, 3.8) is 0 Å². The normalized spacial score (nSPS) is 12.9. The SMILES string of the molecule is CC(NC(=O)CNC(=O)C(C)(C)C)c1nn[nH]n1. The lowest BCUT2D eigenvalue weighted by molar-refractivity contribution is -0.131. The number of H-pyrrole nitrogens is 1. The van der Waals surface area contributed by atoms with Gasteiger partial charge in [0, 0.05) is 5.41 Å². The molecule has 1 aromatic heterocycles. The van der Waals surface area contributed by atoms with Crippen LogP contribution in [0.1, 0.15) is 39.6 Å². The van der Waals surface area contributed by atoms with Crippen molar-refractivity contribution >= 4 is 11.8 Å². The van der Waals surface area contributed by atoms with Gasteiger partial charge >= 0.3 is 0 Å². The van der Waals surface area contributed by atoms with Crippen molar-refractivity contribution in [2.45, 2.75) is 33.7 Å². The molecule has 18 heavy (non-hydrogen) atoms. The van der Waals surface area contributed by atoms with E-state index >= 15 is 0 Å². The van der Waals surface area contributed by atoms with Gasteiger partial charge in [-0.1, -0.05) is 26.0 Å². The van der Waals surface area contributed by atoms with Crippen LogP contribution in [-0.2, 0) is 9.59 Å². The molecule has 0 radical (unpaired) electrons. The summed E-state index contributed by atoms with van der Waals surface area (Å²) in [5.74, 6) is -0.0831. The molecular formula is C10H18N6O2. The van der Waals surface area contributed by atoms with E-state index in [2.05, 4.69) is 31.3 Å². The Hall–Kier alpha value is -1.99. The third kappa shape index (κ3) is 4.11. The summed E-state index contributed by atoms with van der Waals surface area (Å²) in [6.45, 7) is 7.00. The lowest BCUT2D eigenvalue weighted by atomic mass is 9.96. The summed E-state index contributed by atoms with van der Waals surface area (Å²) < 4.78 is 0. The minimum atomic E-state index is -0.514. The summed E-state index contributed by atoms with van der Waals surface area (Å²) >= 11 is 0. The van der Waals surface area contributed by atoms with Crippen LogP contribution in [-0.4, -0.2) is 39.0 Å². The summed E-state index contributed by atoms with van der Waals surface area (Å²) in [7, 11) is 0. The second-order valence-electron chi connectivity index (χ2n) is 4.99. The van der Waals surface area contributed by atoms with Crippen molar-refractivity contribution in [1.29, 1.82) is 0 Å². The largest absolute Gasteiger partial charge is 0.347 e. The third-order valence-electron chi connectivity index (χ3n) is 2.22. The van der Waals surface area contributed by atoms with E-state index in [0.29, 0.717) is 5.82 Å². The molecule has 0 aliphatic carbocycles. The minimum Gasteiger partial charge on any atom is -0.347 e. The molecule has 100 valence electrons. The van der Waals surface area contributed by atoms with Crippen molar-refractivity contribution in [1.82, 2.24) is 31.3 Å². The number of carbonyl (C=O) groups excluding carboxylic acids is 2. The van der Waals surface area contributed by atoms with Gasteiger partial charge in [-0.15, -0.1) is 10.2 Å². The highest BCUT2D eigenvalue weighted by Crippen LogP contribution is 2.12. The predicted octanol–water partition coefficient (Wildman–Crippen LogP) is -0.461. The molecule has 0 spiro atoms. The molecule has 3 N–H and O–H groups in total. The Labute approximate surface area is 105 Å². The fourth-order valence-electron chi connectivity index (χ4n) is 1.14. The van der Waals surface area contributed by atoms with Gasteiger partial charge in [-0.2, -0.15) is 5.21 Å². The van der Waals surface area contributed by atoms with Gasteiger partial charge in [0.05, 0.1) is 12.6 Å². The van der Waals surface area contributed by atoms with Crippen LogP contribution >= 0.6 is 0 Å². The summed E-state index contributed by atoms with van der Waals surface area (Å²) in [5.41, 5.74) is -0.514. The van der Waals surface area contributed by atoms with Gasteiger partial charge < -0.3 is 10.6 Å². The van der Waals surface area contributed by atoms with Crippen molar-refractivity contribution in [2.75, 3.05) is 6.54 Å². The average molecular weight is 254 g/mol. The van der Waals surface area contributed by atoms with Gasteiger partial charge in [-0.05, 0) is 6.92 Å². The van der Waals surface area contributed by atoms with Crippen molar-refractivity contribution in [3.05, 3.63) is 5.82 Å². The summed E-state index contributed by atoms with van der Waals surface area (Å²) in [5, 5.41) is 18.4. The first-order valence-corrected chi connectivity index (χ1v) is 5.61. The summed E-state index contributed by atoms with van der Waals surface area (Å²) in [4.78, 5) is 23.1. The van der Waals surface area contributed by atoms with Gasteiger partial charge in [0.1, 0.15) is 0 Å². The number of nitrogens with one attached hydrogen (secondary N) is 3. The molecule has 8 heteroatoms. The van der Waals surface area contributed by atoms with E-state index in [0.717, 1.165) is 0 Å². The number of rotatable bonds is 4. The number of tetrazole rings is 1. The van der Waals surface area contributed by atoms with Crippen molar-refractivity contribution in [2.24, 2.45) is 5.41 Å². The number of amides is 2. The molecule has 0 aromatic carbocycles. The topological polar surface area (TPSA) is 113 Å². The smallest absolute Gasteiger partial charge is 0.239 e. The molecule has 0 saturated heterocycles. The Bertz CT molecular complexity index is 409. The number of nitrogens with zero attached hydrogens (tertiary/aromatic N) is 3. The molecule has 0 aliphatic rings. The Balaban J connectivity index is 2.37. The zero-order valence-corrected chi connectivity index (χ0v) is 10.9. The molecule has 1 rings (SSSR count). The van der Waals surface area contributed by atoms with Crippen LogP contribution in [0.15, 0.2) is 0 Å². The zero-order valence-electron chi connectivity index (χ0n) is 10.9. The Morgan fingerprint density at radius 2 is 2.06 bits per heavy atom. The van der Waals surface area contributed by atoms with E-state index in [9.17, 15) is 9.59 Å². The second-order valence-corrected chi connectivity index (χ2v) is 4.99. The van der Waals surface area contributed by atoms with E-state index < -0.39 is 5.41 Å². The van der Waals surface area contributed by atoms with Crippen LogP contribution in [0.4, 0.5) is 0 Å². The lowest BCUT2D eigenvalue weighted by Crippen LogP contribution is -2.42. The van der Waals surface area contributed by atoms with Crippen LogP contribution in [0, 0.1) is 5.41 Å². The Kier molecular flexibility index (Phi) is 4.35. The van der Waals surface area contributed by atoms with Crippen molar-refractivity contribution in [3.8, 4) is 0 Å². The first-order valence-electron chi connectivity index (χ1n) is 5.61. The van der Waals surface area contributed by atoms with Gasteiger partial charge in [0.25, 0.3) is 0 Å². The van der Waals surface area contributed by atoms with Gasteiger partial charge in [-0.25, -0.2) is 0 Å². The quantitative estimate of drug-likeness (QED) is 0.673. The van der Waals surface area contributed by atoms with E-state index in [1.807, 2.05) is 0 Å². The molecule has 0 bridgehead atoms. The van der Waals surface area contributed by atoms with Crippen LogP contribution in [0.25, 0.3) is 0 Å². The molecule has 1 aromatic rings. The molecule has 1 heterocycles. The standard InChI is InChI=1S/C10H18N6O2/c1-6(8-13-15-16-14-8)12-7(17)5-11-9(18)10(2,3)4/h6H,5H2,1-4H3,(H,11,18)(H,12,17)(H,13,14,15,16). The maximum atomic E-state index is 11.6.